The predicted octanol–water partition coefficient (Wildman–Crippen LogP) is 6.42. The summed E-state index contributed by atoms with van der Waals surface area (Å²) in [5.41, 5.74) is 4.05. The Hall–Kier alpha value is -4.07. The van der Waals surface area contributed by atoms with Crippen LogP contribution in [0.3, 0.4) is 0 Å². The van der Waals surface area contributed by atoms with Crippen molar-refractivity contribution in [1.82, 2.24) is 0 Å². The number of benzene rings is 3. The summed E-state index contributed by atoms with van der Waals surface area (Å²) in [5, 5.41) is 0. The van der Waals surface area contributed by atoms with Gasteiger partial charge < -0.3 is 18.9 Å². The van der Waals surface area contributed by atoms with E-state index in [1.165, 1.54) is 20.3 Å². The summed E-state index contributed by atoms with van der Waals surface area (Å²) in [6.07, 6.45) is 0. The molecule has 0 unspecified atom stereocenters. The molecule has 6 nitrogen and oxygen atoms in total. The molecule has 0 fully saturated rings. The maximum Gasteiger partial charge on any atom is 0.338 e. The average Bonchev–Trinajstić information content (AvgIpc) is 2.86. The van der Waals surface area contributed by atoms with Gasteiger partial charge in [-0.15, -0.1) is 0 Å². The smallest absolute Gasteiger partial charge is 0.338 e. The number of carbonyl (C=O) groups excluding carboxylic acids is 2. The fourth-order valence-electron chi connectivity index (χ4n) is 3.58. The Bertz CT molecular complexity index is 1310. The Morgan fingerprint density at radius 1 is 0.730 bits per heavy atom. The third-order valence-electron chi connectivity index (χ3n) is 5.41. The van der Waals surface area contributed by atoms with Crippen LogP contribution in [-0.2, 0) is 32.3 Å². The van der Waals surface area contributed by atoms with Crippen molar-refractivity contribution in [3.63, 3.8) is 0 Å². The van der Waals surface area contributed by atoms with Crippen LogP contribution < -0.4 is 9.47 Å². The number of carbonyl (C=O) groups is 2. The van der Waals surface area contributed by atoms with E-state index in [1.807, 2.05) is 0 Å². The summed E-state index contributed by atoms with van der Waals surface area (Å²) in [7, 11) is 3.04. The predicted molar refractivity (Wildman–Crippen MR) is 140 cm³/mol. The molecule has 0 N–H and O–H groups in total. The minimum absolute atomic E-state index is 0.144. The van der Waals surface area contributed by atoms with Crippen molar-refractivity contribution in [2.24, 2.45) is 0 Å². The number of hydrogen-bond donors (Lipinski definition) is 0. The molecule has 7 heteroatoms. The summed E-state index contributed by atoms with van der Waals surface area (Å²) >= 11 is 0. The fourth-order valence-corrected chi connectivity index (χ4v) is 3.58. The van der Waals surface area contributed by atoms with Crippen LogP contribution in [0.4, 0.5) is 4.39 Å². The Kier molecular flexibility index (Phi) is 9.11. The zero-order valence-electron chi connectivity index (χ0n) is 21.4. The average molecular weight is 505 g/mol. The second-order valence-corrected chi connectivity index (χ2v) is 8.55. The van der Waals surface area contributed by atoms with Crippen LogP contribution in [0.1, 0.15) is 25.0 Å². The first-order chi connectivity index (χ1) is 17.6. The number of halogens is 1. The van der Waals surface area contributed by atoms with Gasteiger partial charge >= 0.3 is 11.9 Å². The Balaban J connectivity index is 1.97. The number of esters is 2. The van der Waals surface area contributed by atoms with Gasteiger partial charge in [0.25, 0.3) is 0 Å². The van der Waals surface area contributed by atoms with Crippen molar-refractivity contribution >= 4 is 11.9 Å². The topological polar surface area (TPSA) is 71.1 Å². The van der Waals surface area contributed by atoms with Crippen LogP contribution in [0.2, 0.25) is 0 Å². The molecule has 0 atom stereocenters. The summed E-state index contributed by atoms with van der Waals surface area (Å²) < 4.78 is 36.7. The third-order valence-corrected chi connectivity index (χ3v) is 5.41. The molecule has 0 bridgehead atoms. The van der Waals surface area contributed by atoms with E-state index >= 15 is 4.39 Å². The first kappa shape index (κ1) is 27.5. The minimum atomic E-state index is -0.571. The van der Waals surface area contributed by atoms with Crippen molar-refractivity contribution in [2.45, 2.75) is 27.1 Å². The van der Waals surface area contributed by atoms with Gasteiger partial charge in [0.05, 0.1) is 13.2 Å². The highest BCUT2D eigenvalue weighted by Gasteiger charge is 2.19. The number of hydrogen-bond acceptors (Lipinski definition) is 6. The van der Waals surface area contributed by atoms with Crippen molar-refractivity contribution in [1.29, 1.82) is 0 Å². The lowest BCUT2D eigenvalue weighted by molar-refractivity contribution is -0.131. The lowest BCUT2D eigenvalue weighted by Crippen LogP contribution is -2.12. The summed E-state index contributed by atoms with van der Waals surface area (Å²) in [5.74, 6) is -0.834. The second-order valence-electron chi connectivity index (χ2n) is 8.55. The van der Waals surface area contributed by atoms with Gasteiger partial charge in [-0.25, -0.2) is 14.0 Å². The van der Waals surface area contributed by atoms with Crippen molar-refractivity contribution in [2.75, 3.05) is 14.2 Å². The Morgan fingerprint density at radius 3 is 1.73 bits per heavy atom. The number of rotatable bonds is 10. The molecule has 3 rings (SSSR count). The Morgan fingerprint density at radius 2 is 1.24 bits per heavy atom. The van der Waals surface area contributed by atoms with Crippen LogP contribution >= 0.6 is 0 Å². The van der Waals surface area contributed by atoms with E-state index in [1.54, 1.807) is 62.4 Å². The first-order valence-corrected chi connectivity index (χ1v) is 11.4. The maximum absolute atomic E-state index is 15.4. The molecule has 0 aliphatic rings. The number of ether oxygens (including phenoxy) is 4. The van der Waals surface area contributed by atoms with E-state index in [4.69, 9.17) is 18.9 Å². The monoisotopic (exact) mass is 504 g/mol. The van der Waals surface area contributed by atoms with E-state index in [0.29, 0.717) is 44.9 Å². The fraction of sp³-hybridized carbons (Fsp3) is 0.200. The molecule has 0 radical (unpaired) electrons. The lowest BCUT2D eigenvalue weighted by atomic mass is 9.96. The van der Waals surface area contributed by atoms with Crippen LogP contribution in [0.5, 0.6) is 11.5 Å². The zero-order chi connectivity index (χ0) is 27.1. The molecular weight excluding hydrogens is 475 g/mol. The summed E-state index contributed by atoms with van der Waals surface area (Å²) in [4.78, 5) is 23.9. The molecule has 0 spiro atoms. The molecule has 0 aliphatic carbocycles. The van der Waals surface area contributed by atoms with Gasteiger partial charge in [-0.3, -0.25) is 0 Å². The quantitative estimate of drug-likeness (QED) is 0.180. The molecule has 0 amide bonds. The van der Waals surface area contributed by atoms with E-state index in [0.717, 1.165) is 5.56 Å². The molecule has 3 aromatic carbocycles. The second kappa shape index (κ2) is 12.3. The van der Waals surface area contributed by atoms with E-state index in [-0.39, 0.29) is 18.8 Å². The van der Waals surface area contributed by atoms with Gasteiger partial charge in [0, 0.05) is 42.1 Å². The molecule has 0 heterocycles. The largest absolute Gasteiger partial charge is 0.423 e. The summed E-state index contributed by atoms with van der Waals surface area (Å²) in [6, 6.07) is 15.1. The van der Waals surface area contributed by atoms with E-state index < -0.39 is 17.8 Å². The van der Waals surface area contributed by atoms with Crippen LogP contribution in [0.15, 0.2) is 78.9 Å². The molecular formula is C30H29FO6. The molecule has 0 aromatic heterocycles. The zero-order valence-corrected chi connectivity index (χ0v) is 21.4. The minimum Gasteiger partial charge on any atom is -0.423 e. The molecule has 0 aliphatic heterocycles. The van der Waals surface area contributed by atoms with Gasteiger partial charge in [0.1, 0.15) is 17.3 Å². The highest BCUT2D eigenvalue weighted by atomic mass is 19.1. The highest BCUT2D eigenvalue weighted by molar-refractivity contribution is 5.89. The molecule has 3 aromatic rings. The van der Waals surface area contributed by atoms with Gasteiger partial charge in [0.2, 0.25) is 0 Å². The third kappa shape index (κ3) is 6.78. The lowest BCUT2D eigenvalue weighted by Gasteiger charge is -2.17. The van der Waals surface area contributed by atoms with Gasteiger partial charge in [0.15, 0.2) is 0 Å². The van der Waals surface area contributed by atoms with Gasteiger partial charge in [-0.2, -0.15) is 0 Å². The van der Waals surface area contributed by atoms with Crippen LogP contribution in [-0.4, -0.2) is 26.2 Å². The Labute approximate surface area is 215 Å². The van der Waals surface area contributed by atoms with Gasteiger partial charge in [-0.1, -0.05) is 37.4 Å². The van der Waals surface area contributed by atoms with Gasteiger partial charge in [-0.05, 0) is 60.9 Å². The normalized spacial score (nSPS) is 10.6. The van der Waals surface area contributed by atoms with Crippen molar-refractivity contribution < 1.29 is 32.9 Å². The summed E-state index contributed by atoms with van der Waals surface area (Å²) in [6.45, 7) is 10.6. The molecule has 192 valence electrons. The van der Waals surface area contributed by atoms with E-state index in [2.05, 4.69) is 13.2 Å². The molecule has 0 saturated carbocycles. The van der Waals surface area contributed by atoms with E-state index in [9.17, 15) is 9.59 Å². The molecule has 0 saturated heterocycles. The standard InChI is InChI=1S/C30H29FO6/c1-18(2)29(32)36-25-10-7-20(8-11-25)21-9-12-26(27(31)15-21)22-13-23(16-34-5)28(24(14-22)17-35-6)37-30(33)19(3)4/h7-15H,1,3,16-17H2,2,4-6H3. The highest BCUT2D eigenvalue weighted by Crippen LogP contribution is 2.35. The molecule has 37 heavy (non-hydrogen) atoms. The van der Waals surface area contributed by atoms with Crippen LogP contribution in [0, 0.1) is 5.82 Å². The van der Waals surface area contributed by atoms with Crippen LogP contribution in [0.25, 0.3) is 22.3 Å². The first-order valence-electron chi connectivity index (χ1n) is 11.4. The maximum atomic E-state index is 15.4. The number of methoxy groups -OCH3 is 2. The van der Waals surface area contributed by atoms with Crippen molar-refractivity contribution in [3.8, 4) is 33.8 Å². The SMILES string of the molecule is C=C(C)C(=O)Oc1ccc(-c2ccc(-c3cc(COC)c(OC(=O)C(=C)C)c(COC)c3)c(F)c2)cc1. The van der Waals surface area contributed by atoms with Crippen molar-refractivity contribution in [3.05, 3.63) is 95.8 Å².